The molecule has 0 atom stereocenters. The SMILES string of the molecule is COc1ccc2c(OC)ccc(/C=N/NC(N)=S)c2c1. The molecule has 0 heterocycles. The highest BCUT2D eigenvalue weighted by molar-refractivity contribution is 7.80. The topological polar surface area (TPSA) is 68.9 Å². The minimum Gasteiger partial charge on any atom is -0.497 e. The van der Waals surface area contributed by atoms with Crippen LogP contribution in [0.4, 0.5) is 0 Å². The normalized spacial score (nSPS) is 10.7. The lowest BCUT2D eigenvalue weighted by molar-refractivity contribution is 0.414. The number of methoxy groups -OCH3 is 2. The zero-order valence-corrected chi connectivity index (χ0v) is 12.0. The summed E-state index contributed by atoms with van der Waals surface area (Å²) in [4.78, 5) is 0. The molecule has 3 N–H and O–H groups in total. The van der Waals surface area contributed by atoms with Gasteiger partial charge < -0.3 is 15.2 Å². The Morgan fingerprint density at radius 3 is 2.65 bits per heavy atom. The Balaban J connectivity index is 2.53. The van der Waals surface area contributed by atoms with Crippen molar-refractivity contribution in [2.24, 2.45) is 10.8 Å². The van der Waals surface area contributed by atoms with Gasteiger partial charge in [-0.15, -0.1) is 0 Å². The highest BCUT2D eigenvalue weighted by Crippen LogP contribution is 2.30. The van der Waals surface area contributed by atoms with E-state index in [-0.39, 0.29) is 5.11 Å². The van der Waals surface area contributed by atoms with Crippen LogP contribution < -0.4 is 20.6 Å². The largest absolute Gasteiger partial charge is 0.497 e. The summed E-state index contributed by atoms with van der Waals surface area (Å²) in [6, 6.07) is 9.56. The molecule has 5 nitrogen and oxygen atoms in total. The van der Waals surface area contributed by atoms with Crippen LogP contribution in [0.1, 0.15) is 5.56 Å². The molecule has 20 heavy (non-hydrogen) atoms. The number of thiocarbonyl (C=S) groups is 1. The van der Waals surface area contributed by atoms with Crippen LogP contribution in [0.5, 0.6) is 11.5 Å². The average molecular weight is 289 g/mol. The summed E-state index contributed by atoms with van der Waals surface area (Å²) in [6.07, 6.45) is 1.65. The molecule has 0 aliphatic carbocycles. The van der Waals surface area contributed by atoms with Gasteiger partial charge in [0.05, 0.1) is 20.4 Å². The van der Waals surface area contributed by atoms with E-state index in [1.54, 1.807) is 20.4 Å². The van der Waals surface area contributed by atoms with Gasteiger partial charge in [-0.2, -0.15) is 5.10 Å². The van der Waals surface area contributed by atoms with Crippen molar-refractivity contribution in [3.8, 4) is 11.5 Å². The Kier molecular flexibility index (Phi) is 4.37. The zero-order chi connectivity index (χ0) is 14.5. The number of fused-ring (bicyclic) bond motifs is 1. The fourth-order valence-electron chi connectivity index (χ4n) is 1.91. The van der Waals surface area contributed by atoms with Gasteiger partial charge in [-0.1, -0.05) is 0 Å². The van der Waals surface area contributed by atoms with Gasteiger partial charge in [-0.25, -0.2) is 0 Å². The Hall–Kier alpha value is -2.34. The van der Waals surface area contributed by atoms with Crippen LogP contribution in [-0.2, 0) is 0 Å². The van der Waals surface area contributed by atoms with Crippen LogP contribution in [0, 0.1) is 0 Å². The second-order valence-corrected chi connectivity index (χ2v) is 4.44. The summed E-state index contributed by atoms with van der Waals surface area (Å²) in [7, 11) is 3.27. The van der Waals surface area contributed by atoms with E-state index in [0.29, 0.717) is 0 Å². The Morgan fingerprint density at radius 2 is 2.00 bits per heavy atom. The summed E-state index contributed by atoms with van der Waals surface area (Å²) in [5, 5.41) is 6.05. The van der Waals surface area contributed by atoms with Gasteiger partial charge in [0.2, 0.25) is 0 Å². The molecule has 0 radical (unpaired) electrons. The first-order chi connectivity index (χ1) is 9.65. The molecule has 6 heteroatoms. The Morgan fingerprint density at radius 1 is 1.20 bits per heavy atom. The van der Waals surface area contributed by atoms with Crippen LogP contribution >= 0.6 is 12.2 Å². The van der Waals surface area contributed by atoms with E-state index in [0.717, 1.165) is 27.8 Å². The molecule has 0 aliphatic heterocycles. The van der Waals surface area contributed by atoms with Gasteiger partial charge in [0.1, 0.15) is 11.5 Å². The molecule has 0 bridgehead atoms. The lowest BCUT2D eigenvalue weighted by atomic mass is 10.0. The molecular weight excluding hydrogens is 274 g/mol. The number of nitrogens with two attached hydrogens (primary N) is 1. The minimum atomic E-state index is 0.122. The molecule has 0 spiro atoms. The van der Waals surface area contributed by atoms with Crippen LogP contribution in [0.15, 0.2) is 35.4 Å². The second-order valence-electron chi connectivity index (χ2n) is 4.00. The quantitative estimate of drug-likeness (QED) is 0.512. The van der Waals surface area contributed by atoms with E-state index >= 15 is 0 Å². The number of hydrogen-bond acceptors (Lipinski definition) is 4. The van der Waals surface area contributed by atoms with Crippen LogP contribution in [0.3, 0.4) is 0 Å². The Labute approximate surface area is 122 Å². The second kappa shape index (κ2) is 6.21. The first kappa shape index (κ1) is 14.1. The van der Waals surface area contributed by atoms with Gasteiger partial charge in [0, 0.05) is 10.9 Å². The molecule has 2 aromatic rings. The third-order valence-corrected chi connectivity index (χ3v) is 2.91. The molecule has 0 unspecified atom stereocenters. The molecule has 2 aromatic carbocycles. The zero-order valence-electron chi connectivity index (χ0n) is 11.2. The van der Waals surface area contributed by atoms with E-state index < -0.39 is 0 Å². The summed E-state index contributed by atoms with van der Waals surface area (Å²) in [6.45, 7) is 0. The maximum atomic E-state index is 5.36. The average Bonchev–Trinajstić information content (AvgIpc) is 2.46. The molecule has 0 amide bonds. The predicted octanol–water partition coefficient (Wildman–Crippen LogP) is 2.02. The van der Waals surface area contributed by atoms with E-state index in [4.69, 9.17) is 27.4 Å². The standard InChI is InChI=1S/C14H15N3O2S/c1-18-10-4-5-11-12(7-10)9(3-6-13(11)19-2)8-16-17-14(15)20/h3-8H,1-2H3,(H3,15,17,20)/b16-8+. The highest BCUT2D eigenvalue weighted by Gasteiger charge is 2.06. The van der Waals surface area contributed by atoms with Gasteiger partial charge in [0.15, 0.2) is 5.11 Å². The number of hydrazone groups is 1. The van der Waals surface area contributed by atoms with Crippen molar-refractivity contribution in [2.45, 2.75) is 0 Å². The van der Waals surface area contributed by atoms with Crippen molar-refractivity contribution >= 4 is 34.3 Å². The van der Waals surface area contributed by atoms with Crippen molar-refractivity contribution in [3.05, 3.63) is 35.9 Å². The molecule has 2 rings (SSSR count). The van der Waals surface area contributed by atoms with Crippen molar-refractivity contribution in [1.82, 2.24) is 5.43 Å². The lowest BCUT2D eigenvalue weighted by Crippen LogP contribution is -2.24. The maximum Gasteiger partial charge on any atom is 0.184 e. The third-order valence-electron chi connectivity index (χ3n) is 2.82. The molecular formula is C14H15N3O2S. The fraction of sp³-hybridized carbons (Fsp3) is 0.143. The molecule has 0 fully saturated rings. The lowest BCUT2D eigenvalue weighted by Gasteiger charge is -2.09. The smallest absolute Gasteiger partial charge is 0.184 e. The van der Waals surface area contributed by atoms with E-state index in [9.17, 15) is 0 Å². The number of ether oxygens (including phenoxy) is 2. The van der Waals surface area contributed by atoms with Crippen LogP contribution in [0.2, 0.25) is 0 Å². The minimum absolute atomic E-state index is 0.122. The van der Waals surface area contributed by atoms with Crippen molar-refractivity contribution in [3.63, 3.8) is 0 Å². The van der Waals surface area contributed by atoms with Gasteiger partial charge in [-0.05, 0) is 47.9 Å². The summed E-state index contributed by atoms with van der Waals surface area (Å²) >= 11 is 4.70. The first-order valence-corrected chi connectivity index (χ1v) is 6.29. The van der Waals surface area contributed by atoms with E-state index in [2.05, 4.69) is 10.5 Å². The third kappa shape index (κ3) is 2.97. The monoisotopic (exact) mass is 289 g/mol. The number of benzene rings is 2. The van der Waals surface area contributed by atoms with Gasteiger partial charge in [0.25, 0.3) is 0 Å². The van der Waals surface area contributed by atoms with Gasteiger partial charge >= 0.3 is 0 Å². The van der Waals surface area contributed by atoms with Crippen LogP contribution in [0.25, 0.3) is 10.8 Å². The maximum absolute atomic E-state index is 5.36. The predicted molar refractivity (Wildman–Crippen MR) is 84.6 cm³/mol. The fourth-order valence-corrected chi connectivity index (χ4v) is 1.96. The number of nitrogens with zero attached hydrogens (tertiary/aromatic N) is 1. The van der Waals surface area contributed by atoms with Crippen molar-refractivity contribution < 1.29 is 9.47 Å². The van der Waals surface area contributed by atoms with Crippen molar-refractivity contribution in [2.75, 3.05) is 14.2 Å². The molecule has 104 valence electrons. The van der Waals surface area contributed by atoms with E-state index in [1.165, 1.54) is 0 Å². The van der Waals surface area contributed by atoms with Gasteiger partial charge in [-0.3, -0.25) is 5.43 Å². The molecule has 0 saturated heterocycles. The number of hydrogen-bond donors (Lipinski definition) is 2. The Bertz CT molecular complexity index is 671. The summed E-state index contributed by atoms with van der Waals surface area (Å²) in [5.74, 6) is 1.56. The molecule has 0 aromatic heterocycles. The first-order valence-electron chi connectivity index (χ1n) is 5.89. The highest BCUT2D eigenvalue weighted by atomic mass is 32.1. The summed E-state index contributed by atoms with van der Waals surface area (Å²) < 4.78 is 10.6. The number of nitrogens with one attached hydrogen (secondary N) is 1. The summed E-state index contributed by atoms with van der Waals surface area (Å²) in [5.41, 5.74) is 8.77. The number of rotatable bonds is 4. The molecule has 0 saturated carbocycles. The van der Waals surface area contributed by atoms with E-state index in [1.807, 2.05) is 30.3 Å². The van der Waals surface area contributed by atoms with Crippen LogP contribution in [-0.4, -0.2) is 25.5 Å². The van der Waals surface area contributed by atoms with Crippen molar-refractivity contribution in [1.29, 1.82) is 0 Å². The molecule has 0 aliphatic rings.